The maximum Gasteiger partial charge on any atom is 0.225 e. The lowest BCUT2D eigenvalue weighted by molar-refractivity contribution is -0.141. The van der Waals surface area contributed by atoms with E-state index in [0.717, 1.165) is 44.5 Å². The van der Waals surface area contributed by atoms with Gasteiger partial charge in [-0.3, -0.25) is 9.59 Å². The van der Waals surface area contributed by atoms with Crippen molar-refractivity contribution in [3.63, 3.8) is 0 Å². The number of para-hydroxylation sites is 1. The molecule has 2 aliphatic heterocycles. The zero-order valence-electron chi connectivity index (χ0n) is 16.2. The van der Waals surface area contributed by atoms with Gasteiger partial charge in [0.05, 0.1) is 13.0 Å². The van der Waals surface area contributed by atoms with Crippen LogP contribution in [0.4, 0.5) is 0 Å². The van der Waals surface area contributed by atoms with Crippen LogP contribution in [-0.2, 0) is 9.59 Å². The van der Waals surface area contributed by atoms with Crippen molar-refractivity contribution in [2.75, 3.05) is 39.8 Å². The molecule has 1 aromatic carbocycles. The van der Waals surface area contributed by atoms with Crippen LogP contribution in [0.15, 0.2) is 30.3 Å². The number of hydrogen-bond acceptors (Lipinski definition) is 4. The summed E-state index contributed by atoms with van der Waals surface area (Å²) in [5, 5.41) is 3.34. The summed E-state index contributed by atoms with van der Waals surface area (Å²) in [4.78, 5) is 29.0. The molecular weight excluding hydrogens is 342 g/mol. The fourth-order valence-corrected chi connectivity index (χ4v) is 3.97. The zero-order valence-corrected chi connectivity index (χ0v) is 16.2. The van der Waals surface area contributed by atoms with Gasteiger partial charge < -0.3 is 19.9 Å². The Morgan fingerprint density at radius 2 is 1.78 bits per heavy atom. The van der Waals surface area contributed by atoms with Crippen LogP contribution in [0.2, 0.25) is 0 Å². The molecule has 2 aliphatic rings. The molecule has 0 radical (unpaired) electrons. The third kappa shape index (κ3) is 5.45. The van der Waals surface area contributed by atoms with Crippen molar-refractivity contribution in [1.29, 1.82) is 0 Å². The highest BCUT2D eigenvalue weighted by Gasteiger charge is 2.31. The van der Waals surface area contributed by atoms with Gasteiger partial charge in [-0.1, -0.05) is 18.2 Å². The minimum atomic E-state index is 0.0505. The lowest BCUT2D eigenvalue weighted by atomic mass is 9.93. The summed E-state index contributed by atoms with van der Waals surface area (Å²) in [6.07, 6.45) is 3.96. The van der Waals surface area contributed by atoms with E-state index in [-0.39, 0.29) is 17.7 Å². The summed E-state index contributed by atoms with van der Waals surface area (Å²) in [7, 11) is 1.94. The summed E-state index contributed by atoms with van der Waals surface area (Å²) in [6, 6.07) is 9.90. The molecule has 0 spiro atoms. The minimum absolute atomic E-state index is 0.0505. The molecule has 2 fully saturated rings. The van der Waals surface area contributed by atoms with E-state index in [1.807, 2.05) is 47.2 Å². The van der Waals surface area contributed by atoms with Crippen molar-refractivity contribution in [3.8, 4) is 5.75 Å². The molecule has 0 bridgehead atoms. The molecule has 27 heavy (non-hydrogen) atoms. The number of carbonyl (C=O) groups is 2. The molecule has 1 N–H and O–H groups in total. The third-order valence-electron chi connectivity index (χ3n) is 5.73. The first-order valence-electron chi connectivity index (χ1n) is 10.1. The molecule has 3 rings (SSSR count). The molecular formula is C21H31N3O3. The maximum absolute atomic E-state index is 12.8. The van der Waals surface area contributed by atoms with Gasteiger partial charge in [0.2, 0.25) is 11.8 Å². The molecule has 0 atom stereocenters. The highest BCUT2D eigenvalue weighted by Crippen LogP contribution is 2.22. The number of likely N-dealkylation sites (tertiary alicyclic amines) is 1. The normalized spacial score (nSPS) is 18.9. The summed E-state index contributed by atoms with van der Waals surface area (Å²) in [6.45, 7) is 3.70. The van der Waals surface area contributed by atoms with E-state index in [4.69, 9.17) is 4.74 Å². The van der Waals surface area contributed by atoms with Gasteiger partial charge in [0.15, 0.2) is 0 Å². The van der Waals surface area contributed by atoms with Crippen molar-refractivity contribution in [1.82, 2.24) is 15.1 Å². The van der Waals surface area contributed by atoms with E-state index < -0.39 is 0 Å². The number of rotatable bonds is 6. The SMILES string of the molecule is CN(C(=O)C1CCN(C(=O)CCOc2ccccc2)CC1)C1CCNCC1. The second-order valence-corrected chi connectivity index (χ2v) is 7.50. The van der Waals surface area contributed by atoms with Crippen LogP contribution in [0.5, 0.6) is 5.75 Å². The fraction of sp³-hybridized carbons (Fsp3) is 0.619. The lowest BCUT2D eigenvalue weighted by Gasteiger charge is -2.37. The van der Waals surface area contributed by atoms with Crippen LogP contribution in [0, 0.1) is 5.92 Å². The number of nitrogens with zero attached hydrogens (tertiary/aromatic N) is 2. The van der Waals surface area contributed by atoms with Crippen LogP contribution in [-0.4, -0.2) is 67.5 Å². The summed E-state index contributed by atoms with van der Waals surface area (Å²) >= 11 is 0. The largest absolute Gasteiger partial charge is 0.493 e. The van der Waals surface area contributed by atoms with Crippen molar-refractivity contribution in [2.45, 2.75) is 38.1 Å². The Labute approximate surface area is 161 Å². The number of carbonyl (C=O) groups excluding carboxylic acids is 2. The summed E-state index contributed by atoms with van der Waals surface area (Å²) in [5.74, 6) is 1.20. The Morgan fingerprint density at radius 1 is 1.11 bits per heavy atom. The molecule has 0 aromatic heterocycles. The van der Waals surface area contributed by atoms with Crippen molar-refractivity contribution in [2.24, 2.45) is 5.92 Å². The van der Waals surface area contributed by atoms with Crippen LogP contribution < -0.4 is 10.1 Å². The van der Waals surface area contributed by atoms with Crippen molar-refractivity contribution < 1.29 is 14.3 Å². The van der Waals surface area contributed by atoms with Gasteiger partial charge in [-0.15, -0.1) is 0 Å². The maximum atomic E-state index is 12.8. The fourth-order valence-electron chi connectivity index (χ4n) is 3.97. The van der Waals surface area contributed by atoms with Crippen LogP contribution >= 0.6 is 0 Å². The molecule has 0 saturated carbocycles. The number of ether oxygens (including phenoxy) is 1. The van der Waals surface area contributed by atoms with Gasteiger partial charge in [-0.2, -0.15) is 0 Å². The molecule has 1 aromatic rings. The van der Waals surface area contributed by atoms with Crippen LogP contribution in [0.3, 0.4) is 0 Å². The van der Waals surface area contributed by atoms with Crippen LogP contribution in [0.25, 0.3) is 0 Å². The summed E-state index contributed by atoms with van der Waals surface area (Å²) < 4.78 is 5.61. The first-order chi connectivity index (χ1) is 13.1. The topological polar surface area (TPSA) is 61.9 Å². The second-order valence-electron chi connectivity index (χ2n) is 7.50. The average Bonchev–Trinajstić information content (AvgIpc) is 2.74. The highest BCUT2D eigenvalue weighted by atomic mass is 16.5. The first kappa shape index (κ1) is 19.7. The predicted molar refractivity (Wildman–Crippen MR) is 105 cm³/mol. The van der Waals surface area contributed by atoms with Crippen molar-refractivity contribution in [3.05, 3.63) is 30.3 Å². The molecule has 6 heteroatoms. The lowest BCUT2D eigenvalue weighted by Crippen LogP contribution is -2.48. The number of piperidine rings is 2. The predicted octanol–water partition coefficient (Wildman–Crippen LogP) is 1.90. The third-order valence-corrected chi connectivity index (χ3v) is 5.73. The Morgan fingerprint density at radius 3 is 2.44 bits per heavy atom. The molecule has 2 saturated heterocycles. The molecule has 2 heterocycles. The standard InChI is InChI=1S/C21H31N3O3/c1-23(18-7-12-22-13-8-18)21(26)17-9-14-24(15-10-17)20(25)11-16-27-19-5-3-2-4-6-19/h2-6,17-18,22H,7-16H2,1H3. The van der Waals surface area contributed by atoms with Crippen molar-refractivity contribution >= 4 is 11.8 Å². The van der Waals surface area contributed by atoms with Gasteiger partial charge in [0.25, 0.3) is 0 Å². The van der Waals surface area contributed by atoms with E-state index in [1.165, 1.54) is 0 Å². The quantitative estimate of drug-likeness (QED) is 0.827. The van der Waals surface area contributed by atoms with E-state index in [1.54, 1.807) is 0 Å². The molecule has 2 amide bonds. The number of nitrogens with one attached hydrogen (secondary N) is 1. The number of benzene rings is 1. The number of amides is 2. The van der Waals surface area contributed by atoms with E-state index >= 15 is 0 Å². The Kier molecular flexibility index (Phi) is 7.10. The Balaban J connectivity index is 1.38. The Hall–Kier alpha value is -2.08. The molecule has 0 unspecified atom stereocenters. The van der Waals surface area contributed by atoms with E-state index in [2.05, 4.69) is 5.32 Å². The van der Waals surface area contributed by atoms with Gasteiger partial charge in [0, 0.05) is 32.1 Å². The van der Waals surface area contributed by atoms with Gasteiger partial charge in [-0.05, 0) is 50.9 Å². The van der Waals surface area contributed by atoms with Gasteiger partial charge >= 0.3 is 0 Å². The highest BCUT2D eigenvalue weighted by molar-refractivity contribution is 5.80. The zero-order chi connectivity index (χ0) is 19.1. The average molecular weight is 373 g/mol. The monoisotopic (exact) mass is 373 g/mol. The molecule has 6 nitrogen and oxygen atoms in total. The smallest absolute Gasteiger partial charge is 0.225 e. The minimum Gasteiger partial charge on any atom is -0.493 e. The van der Waals surface area contributed by atoms with Gasteiger partial charge in [0.1, 0.15) is 5.75 Å². The van der Waals surface area contributed by atoms with E-state index in [9.17, 15) is 9.59 Å². The van der Waals surface area contributed by atoms with E-state index in [0.29, 0.717) is 32.2 Å². The molecule has 0 aliphatic carbocycles. The van der Waals surface area contributed by atoms with Gasteiger partial charge in [-0.25, -0.2) is 0 Å². The Bertz CT molecular complexity index is 608. The van der Waals surface area contributed by atoms with Crippen LogP contribution in [0.1, 0.15) is 32.1 Å². The second kappa shape index (κ2) is 9.74. The summed E-state index contributed by atoms with van der Waals surface area (Å²) in [5.41, 5.74) is 0. The number of hydrogen-bond donors (Lipinski definition) is 1. The molecule has 148 valence electrons. The first-order valence-corrected chi connectivity index (χ1v) is 10.1.